The maximum absolute atomic E-state index is 12.4. The minimum Gasteiger partial charge on any atom is -0.331 e. The Morgan fingerprint density at radius 3 is 2.77 bits per heavy atom. The fourth-order valence-corrected chi connectivity index (χ4v) is 2.63. The first-order valence-corrected chi connectivity index (χ1v) is 7.42. The van der Waals surface area contributed by atoms with Gasteiger partial charge in [-0.05, 0) is 42.8 Å². The summed E-state index contributed by atoms with van der Waals surface area (Å²) in [4.78, 5) is 17.0. The maximum Gasteiger partial charge on any atom is 0.255 e. The number of amides is 1. The van der Waals surface area contributed by atoms with Crippen molar-refractivity contribution in [3.63, 3.8) is 0 Å². The molecule has 1 aromatic heterocycles. The molecule has 0 aliphatic carbocycles. The van der Waals surface area contributed by atoms with Crippen LogP contribution in [0, 0.1) is 6.92 Å². The van der Waals surface area contributed by atoms with E-state index in [2.05, 4.69) is 21.8 Å². The molecule has 112 valence electrons. The van der Waals surface area contributed by atoms with Crippen LogP contribution in [0.3, 0.4) is 0 Å². The fourth-order valence-electron chi connectivity index (χ4n) is 2.63. The summed E-state index contributed by atoms with van der Waals surface area (Å²) in [7, 11) is 2.00. The largest absolute Gasteiger partial charge is 0.331 e. The third-order valence-electron chi connectivity index (χ3n) is 3.83. The molecule has 0 radical (unpaired) electrons. The Morgan fingerprint density at radius 1 is 1.23 bits per heavy atom. The molecule has 2 aromatic carbocycles. The summed E-state index contributed by atoms with van der Waals surface area (Å²) in [5, 5.41) is 2.93. The van der Waals surface area contributed by atoms with Crippen LogP contribution in [0.2, 0.25) is 0 Å². The molecule has 0 saturated carbocycles. The molecule has 1 heterocycles. The Kier molecular flexibility index (Phi) is 3.67. The number of carbonyl (C=O) groups is 1. The van der Waals surface area contributed by atoms with Gasteiger partial charge in [-0.2, -0.15) is 0 Å². The molecule has 4 nitrogen and oxygen atoms in total. The lowest BCUT2D eigenvalue weighted by Gasteiger charge is -2.06. The standard InChI is InChI=1S/C18H19N3O/c1-4-17-20-15-11-13(8-9-16(15)21(17)3)18(22)19-14-7-5-6-12(2)10-14/h5-11H,4H2,1-3H3,(H,19,22). The summed E-state index contributed by atoms with van der Waals surface area (Å²) in [6.45, 7) is 4.08. The van der Waals surface area contributed by atoms with Crippen molar-refractivity contribution in [1.82, 2.24) is 9.55 Å². The average Bonchev–Trinajstić information content (AvgIpc) is 2.83. The molecule has 0 saturated heterocycles. The zero-order valence-electron chi connectivity index (χ0n) is 13.1. The Balaban J connectivity index is 1.91. The first-order chi connectivity index (χ1) is 10.6. The smallest absolute Gasteiger partial charge is 0.255 e. The number of nitrogens with zero attached hydrogens (tertiary/aromatic N) is 2. The number of hydrogen-bond acceptors (Lipinski definition) is 2. The minimum atomic E-state index is -0.115. The van der Waals surface area contributed by atoms with Gasteiger partial charge in [-0.3, -0.25) is 4.79 Å². The van der Waals surface area contributed by atoms with Crippen LogP contribution in [0.15, 0.2) is 42.5 Å². The number of aromatic nitrogens is 2. The zero-order valence-corrected chi connectivity index (χ0v) is 13.1. The van der Waals surface area contributed by atoms with Gasteiger partial charge in [-0.1, -0.05) is 19.1 Å². The highest BCUT2D eigenvalue weighted by atomic mass is 16.1. The number of benzene rings is 2. The van der Waals surface area contributed by atoms with Crippen LogP contribution in [0.25, 0.3) is 11.0 Å². The highest BCUT2D eigenvalue weighted by Gasteiger charge is 2.11. The lowest BCUT2D eigenvalue weighted by molar-refractivity contribution is 0.102. The molecule has 1 N–H and O–H groups in total. The maximum atomic E-state index is 12.4. The van der Waals surface area contributed by atoms with Crippen molar-refractivity contribution in [2.24, 2.45) is 7.05 Å². The van der Waals surface area contributed by atoms with E-state index in [0.717, 1.165) is 34.5 Å². The highest BCUT2D eigenvalue weighted by molar-refractivity contribution is 6.06. The summed E-state index contributed by atoms with van der Waals surface area (Å²) in [5.74, 6) is 0.905. The van der Waals surface area contributed by atoms with E-state index in [-0.39, 0.29) is 5.91 Å². The fraction of sp³-hybridized carbons (Fsp3) is 0.222. The Hall–Kier alpha value is -2.62. The molecule has 0 aliphatic rings. The molecule has 0 bridgehead atoms. The number of aryl methyl sites for hydroxylation is 3. The third-order valence-corrected chi connectivity index (χ3v) is 3.83. The molecule has 0 unspecified atom stereocenters. The van der Waals surface area contributed by atoms with Crippen molar-refractivity contribution >= 4 is 22.6 Å². The Bertz CT molecular complexity index is 849. The second-order valence-electron chi connectivity index (χ2n) is 5.47. The van der Waals surface area contributed by atoms with Gasteiger partial charge in [0.05, 0.1) is 11.0 Å². The number of anilines is 1. The highest BCUT2D eigenvalue weighted by Crippen LogP contribution is 2.18. The van der Waals surface area contributed by atoms with Crippen molar-refractivity contribution in [2.45, 2.75) is 20.3 Å². The normalized spacial score (nSPS) is 10.9. The third kappa shape index (κ3) is 2.60. The van der Waals surface area contributed by atoms with E-state index in [1.54, 1.807) is 0 Å². The van der Waals surface area contributed by atoms with Gasteiger partial charge in [-0.15, -0.1) is 0 Å². The molecular formula is C18H19N3O. The number of carbonyl (C=O) groups excluding carboxylic acids is 1. The lowest BCUT2D eigenvalue weighted by Crippen LogP contribution is -2.11. The zero-order chi connectivity index (χ0) is 15.7. The van der Waals surface area contributed by atoms with Crippen LogP contribution in [0.4, 0.5) is 5.69 Å². The summed E-state index contributed by atoms with van der Waals surface area (Å²) in [6.07, 6.45) is 0.871. The molecule has 0 aliphatic heterocycles. The summed E-state index contributed by atoms with van der Waals surface area (Å²) in [6, 6.07) is 13.4. The molecule has 3 aromatic rings. The average molecular weight is 293 g/mol. The monoisotopic (exact) mass is 293 g/mol. The molecule has 4 heteroatoms. The van der Waals surface area contributed by atoms with Crippen LogP contribution in [-0.2, 0) is 13.5 Å². The van der Waals surface area contributed by atoms with Crippen LogP contribution in [0.1, 0.15) is 28.7 Å². The summed E-state index contributed by atoms with van der Waals surface area (Å²) < 4.78 is 2.07. The minimum absolute atomic E-state index is 0.115. The van der Waals surface area contributed by atoms with Crippen LogP contribution >= 0.6 is 0 Å². The predicted molar refractivity (Wildman–Crippen MR) is 89.2 cm³/mol. The molecule has 3 rings (SSSR count). The molecule has 0 atom stereocenters. The van der Waals surface area contributed by atoms with Gasteiger partial charge < -0.3 is 9.88 Å². The first kappa shape index (κ1) is 14.3. The van der Waals surface area contributed by atoms with Gasteiger partial charge in [0.25, 0.3) is 5.91 Å². The van der Waals surface area contributed by atoms with Gasteiger partial charge in [-0.25, -0.2) is 4.98 Å². The number of nitrogens with one attached hydrogen (secondary N) is 1. The first-order valence-electron chi connectivity index (χ1n) is 7.42. The van der Waals surface area contributed by atoms with E-state index in [1.165, 1.54) is 0 Å². The van der Waals surface area contributed by atoms with Crippen molar-refractivity contribution in [3.05, 3.63) is 59.4 Å². The molecule has 0 fully saturated rings. The molecular weight excluding hydrogens is 274 g/mol. The SMILES string of the molecule is CCc1nc2cc(C(=O)Nc3cccc(C)c3)ccc2n1C. The second kappa shape index (κ2) is 5.64. The quantitative estimate of drug-likeness (QED) is 0.800. The van der Waals surface area contributed by atoms with Gasteiger partial charge >= 0.3 is 0 Å². The number of hydrogen-bond donors (Lipinski definition) is 1. The summed E-state index contributed by atoms with van der Waals surface area (Å²) in [5.41, 5.74) is 4.45. The molecule has 22 heavy (non-hydrogen) atoms. The molecule has 0 spiro atoms. The van der Waals surface area contributed by atoms with E-state index < -0.39 is 0 Å². The van der Waals surface area contributed by atoms with Crippen molar-refractivity contribution in [1.29, 1.82) is 0 Å². The predicted octanol–water partition coefficient (Wildman–Crippen LogP) is 3.70. The van der Waals surface area contributed by atoms with E-state index in [4.69, 9.17) is 0 Å². The van der Waals surface area contributed by atoms with Gasteiger partial charge in [0.2, 0.25) is 0 Å². The van der Waals surface area contributed by atoms with Crippen molar-refractivity contribution in [2.75, 3.05) is 5.32 Å². The van der Waals surface area contributed by atoms with Gasteiger partial charge in [0.1, 0.15) is 5.82 Å². The summed E-state index contributed by atoms with van der Waals surface area (Å²) >= 11 is 0. The second-order valence-corrected chi connectivity index (χ2v) is 5.47. The van der Waals surface area contributed by atoms with Crippen LogP contribution in [0.5, 0.6) is 0 Å². The van der Waals surface area contributed by atoms with Gasteiger partial charge in [0.15, 0.2) is 0 Å². The van der Waals surface area contributed by atoms with Crippen molar-refractivity contribution in [3.8, 4) is 0 Å². The Morgan fingerprint density at radius 2 is 2.05 bits per heavy atom. The number of rotatable bonds is 3. The van der Waals surface area contributed by atoms with Crippen molar-refractivity contribution < 1.29 is 4.79 Å². The van der Waals surface area contributed by atoms with Crippen LogP contribution in [-0.4, -0.2) is 15.5 Å². The lowest BCUT2D eigenvalue weighted by atomic mass is 10.1. The van der Waals surface area contributed by atoms with Gasteiger partial charge in [0, 0.05) is 24.7 Å². The topological polar surface area (TPSA) is 46.9 Å². The Labute approximate surface area is 129 Å². The van der Waals surface area contributed by atoms with E-state index in [9.17, 15) is 4.79 Å². The number of imidazole rings is 1. The molecule has 1 amide bonds. The van der Waals surface area contributed by atoms with Crippen LogP contribution < -0.4 is 5.32 Å². The van der Waals surface area contributed by atoms with E-state index >= 15 is 0 Å². The van der Waals surface area contributed by atoms with E-state index in [1.807, 2.05) is 56.4 Å². The van der Waals surface area contributed by atoms with E-state index in [0.29, 0.717) is 5.56 Å². The number of fused-ring (bicyclic) bond motifs is 1.